The minimum absolute atomic E-state index is 0.304. The van der Waals surface area contributed by atoms with Crippen molar-refractivity contribution in [3.8, 4) is 22.8 Å². The molecule has 30 heavy (non-hydrogen) atoms. The molecule has 0 radical (unpaired) electrons. The monoisotopic (exact) mass is 407 g/mol. The second-order valence-electron chi connectivity index (χ2n) is 6.65. The molecule has 0 aliphatic rings. The molecule has 0 aliphatic heterocycles. The summed E-state index contributed by atoms with van der Waals surface area (Å²) >= 11 is 0. The third-order valence-corrected chi connectivity index (χ3v) is 4.37. The molecule has 2 N–H and O–H groups in total. The minimum Gasteiger partial charge on any atom is -0.493 e. The smallest absolute Gasteiger partial charge is 0.289 e. The van der Waals surface area contributed by atoms with Gasteiger partial charge in [-0.2, -0.15) is 10.2 Å². The molecule has 8 heteroatoms. The van der Waals surface area contributed by atoms with Crippen molar-refractivity contribution in [2.45, 2.75) is 6.92 Å². The Morgan fingerprint density at radius 2 is 1.93 bits per heavy atom. The van der Waals surface area contributed by atoms with Crippen LogP contribution >= 0.6 is 0 Å². The zero-order valence-corrected chi connectivity index (χ0v) is 17.5. The van der Waals surface area contributed by atoms with Crippen molar-refractivity contribution in [2.75, 3.05) is 32.7 Å². The van der Waals surface area contributed by atoms with Gasteiger partial charge in [-0.25, -0.2) is 5.43 Å². The lowest BCUT2D eigenvalue weighted by atomic mass is 10.1. The van der Waals surface area contributed by atoms with E-state index in [9.17, 15) is 4.79 Å². The number of amides is 1. The fourth-order valence-corrected chi connectivity index (χ4v) is 2.77. The number of benzene rings is 2. The van der Waals surface area contributed by atoms with Crippen molar-refractivity contribution in [2.24, 2.45) is 5.10 Å². The van der Waals surface area contributed by atoms with Crippen LogP contribution in [0.25, 0.3) is 11.3 Å². The number of rotatable bonds is 8. The zero-order valence-electron chi connectivity index (χ0n) is 17.5. The fourth-order valence-electron chi connectivity index (χ4n) is 2.77. The Labute approximate surface area is 175 Å². The molecule has 1 heterocycles. The second-order valence-corrected chi connectivity index (χ2v) is 6.65. The summed E-state index contributed by atoms with van der Waals surface area (Å²) < 4.78 is 10.9. The van der Waals surface area contributed by atoms with Gasteiger partial charge < -0.3 is 14.4 Å². The van der Waals surface area contributed by atoms with Gasteiger partial charge in [0, 0.05) is 25.3 Å². The van der Waals surface area contributed by atoms with Crippen LogP contribution in [-0.2, 0) is 0 Å². The Bertz CT molecular complexity index is 1030. The van der Waals surface area contributed by atoms with Gasteiger partial charge in [0.25, 0.3) is 5.91 Å². The Morgan fingerprint density at radius 3 is 2.60 bits per heavy atom. The quantitative estimate of drug-likeness (QED) is 0.442. The van der Waals surface area contributed by atoms with Gasteiger partial charge in [0.05, 0.1) is 25.6 Å². The van der Waals surface area contributed by atoms with Crippen LogP contribution in [0.5, 0.6) is 11.5 Å². The largest absolute Gasteiger partial charge is 0.493 e. The highest BCUT2D eigenvalue weighted by atomic mass is 16.5. The number of nitrogens with zero attached hydrogens (tertiary/aromatic N) is 3. The number of ether oxygens (including phenoxy) is 2. The molecule has 0 fully saturated rings. The average Bonchev–Trinajstić information content (AvgIpc) is 3.25. The first-order valence-corrected chi connectivity index (χ1v) is 9.49. The van der Waals surface area contributed by atoms with Crippen molar-refractivity contribution in [1.82, 2.24) is 15.6 Å². The van der Waals surface area contributed by atoms with Crippen molar-refractivity contribution < 1.29 is 14.3 Å². The van der Waals surface area contributed by atoms with Crippen molar-refractivity contribution in [1.29, 1.82) is 0 Å². The highest BCUT2D eigenvalue weighted by Crippen LogP contribution is 2.32. The Hall–Kier alpha value is -3.81. The molecule has 0 saturated carbocycles. The van der Waals surface area contributed by atoms with Gasteiger partial charge in [0.2, 0.25) is 0 Å². The molecule has 0 bridgehead atoms. The maximum absolute atomic E-state index is 12.3. The third kappa shape index (κ3) is 4.96. The maximum atomic E-state index is 12.3. The summed E-state index contributed by atoms with van der Waals surface area (Å²) in [4.78, 5) is 14.4. The summed E-state index contributed by atoms with van der Waals surface area (Å²) in [5, 5.41) is 11.0. The second kappa shape index (κ2) is 9.60. The van der Waals surface area contributed by atoms with Gasteiger partial charge in [-0.1, -0.05) is 12.1 Å². The summed E-state index contributed by atoms with van der Waals surface area (Å²) in [6.45, 7) is 2.45. The van der Waals surface area contributed by atoms with Crippen molar-refractivity contribution in [3.63, 3.8) is 0 Å². The van der Waals surface area contributed by atoms with Crippen LogP contribution in [-0.4, -0.2) is 50.1 Å². The van der Waals surface area contributed by atoms with E-state index in [0.29, 0.717) is 29.5 Å². The Kier molecular flexibility index (Phi) is 6.69. The number of methoxy groups -OCH3 is 1. The van der Waals surface area contributed by atoms with E-state index < -0.39 is 0 Å². The predicted molar refractivity (Wildman–Crippen MR) is 118 cm³/mol. The molecule has 1 amide bonds. The normalized spacial score (nSPS) is 10.8. The predicted octanol–water partition coefficient (Wildman–Crippen LogP) is 3.31. The Balaban J connectivity index is 1.66. The molecule has 156 valence electrons. The van der Waals surface area contributed by atoms with E-state index in [1.54, 1.807) is 19.4 Å². The Morgan fingerprint density at radius 1 is 1.17 bits per heavy atom. The molecule has 3 rings (SSSR count). The van der Waals surface area contributed by atoms with E-state index in [0.717, 1.165) is 16.8 Å². The van der Waals surface area contributed by atoms with E-state index in [1.807, 2.05) is 68.4 Å². The molecule has 0 atom stereocenters. The van der Waals surface area contributed by atoms with Gasteiger partial charge >= 0.3 is 0 Å². The summed E-state index contributed by atoms with van der Waals surface area (Å²) in [5.41, 5.74) is 6.19. The van der Waals surface area contributed by atoms with Crippen LogP contribution in [0.2, 0.25) is 0 Å². The van der Waals surface area contributed by atoms with Gasteiger partial charge in [-0.3, -0.25) is 9.89 Å². The summed E-state index contributed by atoms with van der Waals surface area (Å²) in [6, 6.07) is 15.0. The molecule has 0 spiro atoms. The molecule has 8 nitrogen and oxygen atoms in total. The van der Waals surface area contributed by atoms with Gasteiger partial charge in [-0.15, -0.1) is 0 Å². The van der Waals surface area contributed by atoms with Crippen molar-refractivity contribution >= 4 is 17.8 Å². The molecular weight excluding hydrogens is 382 g/mol. The van der Waals surface area contributed by atoms with Crippen LogP contribution < -0.4 is 19.8 Å². The number of aromatic nitrogens is 2. The molecule has 2 aromatic carbocycles. The number of nitrogens with one attached hydrogen (secondary N) is 2. The first-order valence-electron chi connectivity index (χ1n) is 9.49. The van der Waals surface area contributed by atoms with Crippen LogP contribution in [0.1, 0.15) is 23.0 Å². The number of carbonyl (C=O) groups is 1. The van der Waals surface area contributed by atoms with E-state index in [2.05, 4.69) is 20.7 Å². The molecule has 0 saturated heterocycles. The first-order chi connectivity index (χ1) is 14.5. The number of hydrogen-bond donors (Lipinski definition) is 2. The number of hydrazone groups is 1. The molecular formula is C22H25N5O3. The lowest BCUT2D eigenvalue weighted by Gasteiger charge is -2.11. The SMILES string of the molecule is CCOc1ccc(-c2cc(C(=O)N/N=C/c3ccc(N(C)C)cc3)[nH]n2)cc1OC. The molecule has 0 unspecified atom stereocenters. The zero-order chi connectivity index (χ0) is 21.5. The summed E-state index contributed by atoms with van der Waals surface area (Å²) in [7, 11) is 5.54. The molecule has 1 aromatic heterocycles. The number of carbonyl (C=O) groups excluding carboxylic acids is 1. The number of H-pyrrole nitrogens is 1. The van der Waals surface area contributed by atoms with E-state index in [-0.39, 0.29) is 5.91 Å². The lowest BCUT2D eigenvalue weighted by Crippen LogP contribution is -2.18. The van der Waals surface area contributed by atoms with E-state index in [1.165, 1.54) is 0 Å². The number of aromatic amines is 1. The fraction of sp³-hybridized carbons (Fsp3) is 0.227. The summed E-state index contributed by atoms with van der Waals surface area (Å²) in [6.07, 6.45) is 1.59. The summed E-state index contributed by atoms with van der Waals surface area (Å²) in [5.74, 6) is 0.881. The maximum Gasteiger partial charge on any atom is 0.289 e. The topological polar surface area (TPSA) is 91.8 Å². The third-order valence-electron chi connectivity index (χ3n) is 4.37. The molecule has 3 aromatic rings. The van der Waals surface area contributed by atoms with Crippen LogP contribution in [0, 0.1) is 0 Å². The number of anilines is 1. The highest BCUT2D eigenvalue weighted by molar-refractivity contribution is 5.94. The average molecular weight is 407 g/mol. The van der Waals surface area contributed by atoms with Crippen molar-refractivity contribution in [3.05, 3.63) is 59.8 Å². The standard InChI is InChI=1S/C22H25N5O3/c1-5-30-20-11-8-16(12-21(20)29-4)18-13-19(25-24-18)22(28)26-23-14-15-6-9-17(10-7-15)27(2)3/h6-14H,5H2,1-4H3,(H,24,25)(H,26,28)/b23-14+. The number of hydrogen-bond acceptors (Lipinski definition) is 6. The van der Waals surface area contributed by atoms with E-state index in [4.69, 9.17) is 9.47 Å². The first kappa shape index (κ1) is 20.9. The highest BCUT2D eigenvalue weighted by Gasteiger charge is 2.13. The van der Waals surface area contributed by atoms with E-state index >= 15 is 0 Å². The van der Waals surface area contributed by atoms with Crippen LogP contribution in [0.4, 0.5) is 5.69 Å². The minimum atomic E-state index is -0.382. The lowest BCUT2D eigenvalue weighted by molar-refractivity contribution is 0.0950. The molecule has 0 aliphatic carbocycles. The van der Waals surface area contributed by atoms with Gasteiger partial charge in [-0.05, 0) is 48.9 Å². The van der Waals surface area contributed by atoms with Crippen LogP contribution in [0.3, 0.4) is 0 Å². The van der Waals surface area contributed by atoms with Gasteiger partial charge in [0.1, 0.15) is 5.69 Å². The van der Waals surface area contributed by atoms with Crippen LogP contribution in [0.15, 0.2) is 53.6 Å². The van der Waals surface area contributed by atoms with Gasteiger partial charge in [0.15, 0.2) is 11.5 Å².